The summed E-state index contributed by atoms with van der Waals surface area (Å²) in [5.41, 5.74) is 0.436. The monoisotopic (exact) mass is 263 g/mol. The molecule has 1 amide bonds. The number of nitrogens with zero attached hydrogens (tertiary/aromatic N) is 1. The summed E-state index contributed by atoms with van der Waals surface area (Å²) in [5, 5.41) is 0. The minimum atomic E-state index is -0.543. The second-order valence-corrected chi connectivity index (χ2v) is 5.94. The van der Waals surface area contributed by atoms with E-state index in [0.717, 1.165) is 17.9 Å². The second kappa shape index (κ2) is 6.09. The Kier molecular flexibility index (Phi) is 4.98. The number of rotatable bonds is 5. The van der Waals surface area contributed by atoms with Gasteiger partial charge < -0.3 is 9.64 Å². The van der Waals surface area contributed by atoms with E-state index in [0.29, 0.717) is 5.92 Å². The summed E-state index contributed by atoms with van der Waals surface area (Å²) >= 11 is 0. The van der Waals surface area contributed by atoms with Crippen LogP contribution in [0, 0.1) is 5.92 Å². The number of hydrogen-bond donors (Lipinski definition) is 0. The normalized spacial score (nSPS) is 11.5. The van der Waals surface area contributed by atoms with E-state index in [2.05, 4.69) is 13.8 Å². The van der Waals surface area contributed by atoms with Crippen LogP contribution in [-0.2, 0) is 10.2 Å². The van der Waals surface area contributed by atoms with E-state index in [1.807, 2.05) is 50.1 Å². The minimum Gasteiger partial charge on any atom is -0.497 e. The Hall–Kier alpha value is -1.51. The topological polar surface area (TPSA) is 29.5 Å². The van der Waals surface area contributed by atoms with E-state index in [1.54, 1.807) is 7.11 Å². The Labute approximate surface area is 116 Å². The fourth-order valence-corrected chi connectivity index (χ4v) is 2.24. The number of ether oxygens (including phenoxy) is 1. The van der Waals surface area contributed by atoms with Gasteiger partial charge in [-0.2, -0.15) is 0 Å². The number of methoxy groups -OCH3 is 1. The molecule has 0 radical (unpaired) electrons. The number of likely N-dealkylation sites (N-methyl/N-ethyl adjacent to an activating group) is 1. The number of hydrogen-bond acceptors (Lipinski definition) is 2. The molecule has 0 saturated heterocycles. The lowest BCUT2D eigenvalue weighted by molar-refractivity contribution is -0.135. The predicted octanol–water partition coefficient (Wildman–Crippen LogP) is 3.09. The van der Waals surface area contributed by atoms with E-state index in [-0.39, 0.29) is 5.91 Å². The first-order valence-corrected chi connectivity index (χ1v) is 6.69. The van der Waals surface area contributed by atoms with Crippen LogP contribution in [-0.4, -0.2) is 31.5 Å². The third kappa shape index (κ3) is 3.72. The molecule has 0 aliphatic carbocycles. The molecule has 3 heteroatoms. The van der Waals surface area contributed by atoms with Crippen LogP contribution in [0.3, 0.4) is 0 Å². The number of benzene rings is 1. The summed E-state index contributed by atoms with van der Waals surface area (Å²) in [4.78, 5) is 14.4. The van der Waals surface area contributed by atoms with Crippen molar-refractivity contribution in [3.63, 3.8) is 0 Å². The quantitative estimate of drug-likeness (QED) is 0.817. The number of amides is 1. The minimum absolute atomic E-state index is 0.134. The van der Waals surface area contributed by atoms with Gasteiger partial charge in [-0.1, -0.05) is 26.0 Å². The van der Waals surface area contributed by atoms with Crippen LogP contribution in [0.15, 0.2) is 24.3 Å². The van der Waals surface area contributed by atoms with Gasteiger partial charge in [0.15, 0.2) is 0 Å². The average molecular weight is 263 g/mol. The van der Waals surface area contributed by atoms with E-state index in [9.17, 15) is 4.79 Å². The first-order valence-electron chi connectivity index (χ1n) is 6.69. The zero-order valence-corrected chi connectivity index (χ0v) is 12.9. The van der Waals surface area contributed by atoms with Crippen molar-refractivity contribution in [1.29, 1.82) is 0 Å². The molecule has 0 heterocycles. The van der Waals surface area contributed by atoms with Crippen LogP contribution in [0.25, 0.3) is 0 Å². The molecule has 0 atom stereocenters. The standard InChI is InChI=1S/C16H25NO2/c1-12(2)11-17(5)15(18)16(3,4)13-8-7-9-14(10-13)19-6/h7-10,12H,11H2,1-6H3. The molecule has 0 bridgehead atoms. The second-order valence-electron chi connectivity index (χ2n) is 5.94. The highest BCUT2D eigenvalue weighted by Crippen LogP contribution is 2.28. The highest BCUT2D eigenvalue weighted by atomic mass is 16.5. The van der Waals surface area contributed by atoms with E-state index in [1.165, 1.54) is 0 Å². The summed E-state index contributed by atoms with van der Waals surface area (Å²) in [6.45, 7) is 8.92. The van der Waals surface area contributed by atoms with Crippen LogP contribution in [0.4, 0.5) is 0 Å². The van der Waals surface area contributed by atoms with Gasteiger partial charge in [0, 0.05) is 13.6 Å². The molecule has 1 aromatic carbocycles. The van der Waals surface area contributed by atoms with Gasteiger partial charge in [-0.05, 0) is 37.5 Å². The molecular formula is C16H25NO2. The summed E-state index contributed by atoms with van der Waals surface area (Å²) in [6.07, 6.45) is 0. The lowest BCUT2D eigenvalue weighted by Gasteiger charge is -2.31. The Bertz CT molecular complexity index is 438. The van der Waals surface area contributed by atoms with E-state index < -0.39 is 5.41 Å². The molecule has 0 unspecified atom stereocenters. The fraction of sp³-hybridized carbons (Fsp3) is 0.562. The zero-order chi connectivity index (χ0) is 14.6. The van der Waals surface area contributed by atoms with Crippen molar-refractivity contribution in [2.24, 2.45) is 5.92 Å². The first-order chi connectivity index (χ1) is 8.78. The van der Waals surface area contributed by atoms with E-state index in [4.69, 9.17) is 4.74 Å². The SMILES string of the molecule is COc1cccc(C(C)(C)C(=O)N(C)CC(C)C)c1. The highest BCUT2D eigenvalue weighted by molar-refractivity contribution is 5.87. The first kappa shape index (κ1) is 15.5. The van der Waals surface area contributed by atoms with Crippen LogP contribution in [0.2, 0.25) is 0 Å². The molecule has 1 rings (SSSR count). The average Bonchev–Trinajstić information content (AvgIpc) is 2.37. The smallest absolute Gasteiger partial charge is 0.232 e. The summed E-state index contributed by atoms with van der Waals surface area (Å²) in [7, 11) is 3.50. The molecule has 1 aromatic rings. The van der Waals surface area contributed by atoms with Crippen molar-refractivity contribution < 1.29 is 9.53 Å². The number of carbonyl (C=O) groups is 1. The molecule has 0 N–H and O–H groups in total. The van der Waals surface area contributed by atoms with Gasteiger partial charge in [-0.15, -0.1) is 0 Å². The van der Waals surface area contributed by atoms with Crippen LogP contribution >= 0.6 is 0 Å². The molecule has 0 aliphatic rings. The van der Waals surface area contributed by atoms with Crippen molar-refractivity contribution in [2.45, 2.75) is 33.1 Å². The lowest BCUT2D eigenvalue weighted by Crippen LogP contribution is -2.42. The Morgan fingerprint density at radius 1 is 1.37 bits per heavy atom. The Morgan fingerprint density at radius 2 is 2.00 bits per heavy atom. The van der Waals surface area contributed by atoms with Crippen molar-refractivity contribution in [3.05, 3.63) is 29.8 Å². The zero-order valence-electron chi connectivity index (χ0n) is 12.9. The van der Waals surface area contributed by atoms with Gasteiger partial charge in [0.1, 0.15) is 5.75 Å². The third-order valence-electron chi connectivity index (χ3n) is 3.31. The maximum Gasteiger partial charge on any atom is 0.232 e. The molecule has 0 fully saturated rings. The molecular weight excluding hydrogens is 238 g/mol. The van der Waals surface area contributed by atoms with Crippen molar-refractivity contribution in [2.75, 3.05) is 20.7 Å². The van der Waals surface area contributed by atoms with Crippen molar-refractivity contribution in [1.82, 2.24) is 4.90 Å². The molecule has 106 valence electrons. The highest BCUT2D eigenvalue weighted by Gasteiger charge is 2.32. The molecule has 0 saturated carbocycles. The Balaban J connectivity index is 2.98. The maximum absolute atomic E-state index is 12.6. The van der Waals surface area contributed by atoms with Crippen molar-refractivity contribution >= 4 is 5.91 Å². The summed E-state index contributed by atoms with van der Waals surface area (Å²) < 4.78 is 5.23. The van der Waals surface area contributed by atoms with Gasteiger partial charge in [0.25, 0.3) is 0 Å². The predicted molar refractivity (Wildman–Crippen MR) is 78.5 cm³/mol. The van der Waals surface area contributed by atoms with Gasteiger partial charge in [-0.3, -0.25) is 4.79 Å². The molecule has 0 aliphatic heterocycles. The van der Waals surface area contributed by atoms with Crippen molar-refractivity contribution in [3.8, 4) is 5.75 Å². The van der Waals surface area contributed by atoms with Crippen LogP contribution in [0.1, 0.15) is 33.3 Å². The molecule has 0 aromatic heterocycles. The maximum atomic E-state index is 12.6. The van der Waals surface area contributed by atoms with Crippen LogP contribution in [0.5, 0.6) is 5.75 Å². The molecule has 0 spiro atoms. The Morgan fingerprint density at radius 3 is 2.53 bits per heavy atom. The van der Waals surface area contributed by atoms with Gasteiger partial charge in [0.2, 0.25) is 5.91 Å². The third-order valence-corrected chi connectivity index (χ3v) is 3.31. The molecule has 3 nitrogen and oxygen atoms in total. The number of carbonyl (C=O) groups excluding carboxylic acids is 1. The van der Waals surface area contributed by atoms with Crippen LogP contribution < -0.4 is 4.74 Å². The van der Waals surface area contributed by atoms with Gasteiger partial charge in [0.05, 0.1) is 12.5 Å². The summed E-state index contributed by atoms with van der Waals surface area (Å²) in [6, 6.07) is 7.72. The van der Waals surface area contributed by atoms with Gasteiger partial charge >= 0.3 is 0 Å². The molecule has 19 heavy (non-hydrogen) atoms. The van der Waals surface area contributed by atoms with E-state index >= 15 is 0 Å². The summed E-state index contributed by atoms with van der Waals surface area (Å²) in [5.74, 6) is 1.38. The largest absolute Gasteiger partial charge is 0.497 e. The lowest BCUT2D eigenvalue weighted by atomic mass is 9.83. The fourth-order valence-electron chi connectivity index (χ4n) is 2.24. The van der Waals surface area contributed by atoms with Gasteiger partial charge in [-0.25, -0.2) is 0 Å².